The van der Waals surface area contributed by atoms with Crippen LogP contribution in [0.15, 0.2) is 24.3 Å². The van der Waals surface area contributed by atoms with E-state index in [1.54, 1.807) is 7.11 Å². The van der Waals surface area contributed by atoms with Gasteiger partial charge < -0.3 is 14.8 Å². The van der Waals surface area contributed by atoms with E-state index in [0.29, 0.717) is 6.61 Å². The molecular formula is C15H25NO2. The fraction of sp³-hybridized carbons (Fsp3) is 0.600. The molecule has 18 heavy (non-hydrogen) atoms. The van der Waals surface area contributed by atoms with Gasteiger partial charge in [-0.25, -0.2) is 0 Å². The van der Waals surface area contributed by atoms with Gasteiger partial charge in [-0.3, -0.25) is 0 Å². The van der Waals surface area contributed by atoms with E-state index in [1.165, 1.54) is 0 Å². The minimum absolute atomic E-state index is 0.179. The van der Waals surface area contributed by atoms with Crippen LogP contribution in [0.5, 0.6) is 5.75 Å². The topological polar surface area (TPSA) is 30.5 Å². The highest BCUT2D eigenvalue weighted by Gasteiger charge is 2.07. The first-order chi connectivity index (χ1) is 8.51. The lowest BCUT2D eigenvalue weighted by atomic mass is 10.1. The second kappa shape index (κ2) is 7.39. The maximum atomic E-state index is 5.71. The Morgan fingerprint density at radius 2 is 2.00 bits per heavy atom. The first-order valence-corrected chi connectivity index (χ1v) is 6.47. The zero-order valence-electron chi connectivity index (χ0n) is 12.0. The molecule has 0 aromatic heterocycles. The van der Waals surface area contributed by atoms with E-state index >= 15 is 0 Å². The zero-order chi connectivity index (χ0) is 13.4. The van der Waals surface area contributed by atoms with Gasteiger partial charge in [-0.2, -0.15) is 0 Å². The van der Waals surface area contributed by atoms with E-state index in [0.717, 1.165) is 30.9 Å². The summed E-state index contributed by atoms with van der Waals surface area (Å²) in [5.74, 6) is 0.917. The molecule has 0 saturated heterocycles. The Hall–Kier alpha value is -1.06. The lowest BCUT2D eigenvalue weighted by Crippen LogP contribution is -2.36. The molecule has 0 atom stereocenters. The van der Waals surface area contributed by atoms with Gasteiger partial charge in [0.05, 0.1) is 13.2 Å². The summed E-state index contributed by atoms with van der Waals surface area (Å²) < 4.78 is 10.8. The quantitative estimate of drug-likeness (QED) is 0.756. The van der Waals surface area contributed by atoms with E-state index in [9.17, 15) is 0 Å². The largest absolute Gasteiger partial charge is 0.494 e. The van der Waals surface area contributed by atoms with E-state index < -0.39 is 0 Å². The van der Waals surface area contributed by atoms with Gasteiger partial charge in [-0.05, 0) is 51.4 Å². The minimum atomic E-state index is 0.179. The molecule has 0 unspecified atom stereocenters. The summed E-state index contributed by atoms with van der Waals surface area (Å²) in [5, 5.41) is 3.44. The number of methoxy groups -OCH3 is 1. The lowest BCUT2D eigenvalue weighted by molar-refractivity contribution is 0.184. The highest BCUT2D eigenvalue weighted by molar-refractivity contribution is 5.28. The van der Waals surface area contributed by atoms with Crippen LogP contribution in [0.1, 0.15) is 32.8 Å². The predicted octanol–water partition coefficient (Wildman–Crippen LogP) is 2.99. The molecule has 1 aromatic rings. The predicted molar refractivity (Wildman–Crippen MR) is 75.0 cm³/mol. The molecule has 0 bridgehead atoms. The molecule has 0 heterocycles. The number of benzene rings is 1. The van der Waals surface area contributed by atoms with Crippen molar-refractivity contribution in [3.05, 3.63) is 29.8 Å². The minimum Gasteiger partial charge on any atom is -0.494 e. The molecule has 0 aliphatic rings. The van der Waals surface area contributed by atoms with Crippen LogP contribution >= 0.6 is 0 Å². The molecule has 0 fully saturated rings. The lowest BCUT2D eigenvalue weighted by Gasteiger charge is -2.20. The summed E-state index contributed by atoms with van der Waals surface area (Å²) >= 11 is 0. The SMILES string of the molecule is COCc1cccc(OCCCNC(C)(C)C)c1. The van der Waals surface area contributed by atoms with Crippen LogP contribution in [-0.4, -0.2) is 25.8 Å². The Labute approximate surface area is 110 Å². The van der Waals surface area contributed by atoms with Gasteiger partial charge in [0.2, 0.25) is 0 Å². The summed E-state index contributed by atoms with van der Waals surface area (Å²) in [4.78, 5) is 0. The van der Waals surface area contributed by atoms with Crippen LogP contribution < -0.4 is 10.1 Å². The summed E-state index contributed by atoms with van der Waals surface area (Å²) in [6.45, 7) is 8.84. The van der Waals surface area contributed by atoms with Crippen LogP contribution in [0.2, 0.25) is 0 Å². The van der Waals surface area contributed by atoms with Crippen molar-refractivity contribution in [1.29, 1.82) is 0 Å². The van der Waals surface area contributed by atoms with Gasteiger partial charge in [0.15, 0.2) is 0 Å². The molecule has 0 aliphatic carbocycles. The number of nitrogens with one attached hydrogen (secondary N) is 1. The highest BCUT2D eigenvalue weighted by Crippen LogP contribution is 2.14. The average molecular weight is 251 g/mol. The van der Waals surface area contributed by atoms with Crippen molar-refractivity contribution in [2.24, 2.45) is 0 Å². The van der Waals surface area contributed by atoms with Crippen LogP contribution in [0.3, 0.4) is 0 Å². The summed E-state index contributed by atoms with van der Waals surface area (Å²) in [7, 11) is 1.70. The second-order valence-corrected chi connectivity index (χ2v) is 5.46. The van der Waals surface area contributed by atoms with Crippen LogP contribution in [0.25, 0.3) is 0 Å². The molecule has 0 radical (unpaired) electrons. The fourth-order valence-electron chi connectivity index (χ4n) is 1.62. The smallest absolute Gasteiger partial charge is 0.119 e. The van der Waals surface area contributed by atoms with Crippen molar-refractivity contribution in [3.8, 4) is 5.75 Å². The van der Waals surface area contributed by atoms with Gasteiger partial charge in [-0.1, -0.05) is 12.1 Å². The molecule has 0 aliphatic heterocycles. The number of rotatable bonds is 7. The van der Waals surface area contributed by atoms with Crippen molar-refractivity contribution in [3.63, 3.8) is 0 Å². The number of hydrogen-bond donors (Lipinski definition) is 1. The zero-order valence-corrected chi connectivity index (χ0v) is 12.0. The summed E-state index contributed by atoms with van der Waals surface area (Å²) in [6, 6.07) is 8.05. The van der Waals surface area contributed by atoms with Gasteiger partial charge in [0, 0.05) is 12.6 Å². The van der Waals surface area contributed by atoms with Gasteiger partial charge in [0.25, 0.3) is 0 Å². The van der Waals surface area contributed by atoms with E-state index in [-0.39, 0.29) is 5.54 Å². The average Bonchev–Trinajstić information content (AvgIpc) is 2.28. The van der Waals surface area contributed by atoms with Crippen LogP contribution in [0.4, 0.5) is 0 Å². The van der Waals surface area contributed by atoms with E-state index in [2.05, 4.69) is 26.1 Å². The standard InChI is InChI=1S/C15H25NO2/c1-15(2,3)16-9-6-10-18-14-8-5-7-13(11-14)12-17-4/h5,7-8,11,16H,6,9-10,12H2,1-4H3. The van der Waals surface area contributed by atoms with Crippen LogP contribution in [0, 0.1) is 0 Å². The van der Waals surface area contributed by atoms with Gasteiger partial charge in [-0.15, -0.1) is 0 Å². The molecule has 1 N–H and O–H groups in total. The van der Waals surface area contributed by atoms with E-state index in [1.807, 2.05) is 24.3 Å². The van der Waals surface area contributed by atoms with Crippen molar-refractivity contribution in [1.82, 2.24) is 5.32 Å². The molecule has 1 aromatic carbocycles. The third-order valence-electron chi connectivity index (χ3n) is 2.45. The molecular weight excluding hydrogens is 226 g/mol. The van der Waals surface area contributed by atoms with Gasteiger partial charge >= 0.3 is 0 Å². The van der Waals surface area contributed by atoms with Crippen molar-refractivity contribution >= 4 is 0 Å². The first kappa shape index (κ1) is 15.0. The molecule has 0 amide bonds. The Morgan fingerprint density at radius 1 is 1.22 bits per heavy atom. The fourth-order valence-corrected chi connectivity index (χ4v) is 1.62. The highest BCUT2D eigenvalue weighted by atomic mass is 16.5. The van der Waals surface area contributed by atoms with E-state index in [4.69, 9.17) is 9.47 Å². The Morgan fingerprint density at radius 3 is 2.67 bits per heavy atom. The molecule has 3 nitrogen and oxygen atoms in total. The van der Waals surface area contributed by atoms with Crippen molar-refractivity contribution < 1.29 is 9.47 Å². The Bertz CT molecular complexity index is 345. The third-order valence-corrected chi connectivity index (χ3v) is 2.45. The Kier molecular flexibility index (Phi) is 6.16. The number of ether oxygens (including phenoxy) is 2. The molecule has 0 spiro atoms. The monoisotopic (exact) mass is 251 g/mol. The molecule has 0 saturated carbocycles. The van der Waals surface area contributed by atoms with Crippen molar-refractivity contribution in [2.75, 3.05) is 20.3 Å². The third kappa shape index (κ3) is 6.62. The Balaban J connectivity index is 2.24. The summed E-state index contributed by atoms with van der Waals surface area (Å²) in [6.07, 6.45) is 1.01. The maximum Gasteiger partial charge on any atom is 0.119 e. The molecule has 102 valence electrons. The summed E-state index contributed by atoms with van der Waals surface area (Å²) in [5.41, 5.74) is 1.32. The molecule has 3 heteroatoms. The molecule has 1 rings (SSSR count). The van der Waals surface area contributed by atoms with Gasteiger partial charge in [0.1, 0.15) is 5.75 Å². The number of hydrogen-bond acceptors (Lipinski definition) is 3. The first-order valence-electron chi connectivity index (χ1n) is 6.47. The van der Waals surface area contributed by atoms with Crippen molar-refractivity contribution in [2.45, 2.75) is 39.3 Å². The van der Waals surface area contributed by atoms with Crippen LogP contribution in [-0.2, 0) is 11.3 Å². The second-order valence-electron chi connectivity index (χ2n) is 5.46. The maximum absolute atomic E-state index is 5.71. The normalized spacial score (nSPS) is 11.6.